The molecule has 1 aromatic carbocycles. The first-order valence-electron chi connectivity index (χ1n) is 9.93. The summed E-state index contributed by atoms with van der Waals surface area (Å²) in [6.07, 6.45) is 6.25. The Bertz CT molecular complexity index is 1150. The van der Waals surface area contributed by atoms with E-state index in [0.29, 0.717) is 35.4 Å². The van der Waals surface area contributed by atoms with Crippen LogP contribution in [0.2, 0.25) is 0 Å². The summed E-state index contributed by atoms with van der Waals surface area (Å²) < 4.78 is 10.8. The second-order valence-corrected chi connectivity index (χ2v) is 7.77. The molecule has 0 saturated carbocycles. The number of amides is 2. The Morgan fingerprint density at radius 2 is 1.62 bits per heavy atom. The molecule has 0 unspecified atom stereocenters. The molecule has 32 heavy (non-hydrogen) atoms. The first kappa shape index (κ1) is 21.3. The lowest BCUT2D eigenvalue weighted by atomic mass is 10.3. The number of rotatable bonds is 8. The zero-order valence-electron chi connectivity index (χ0n) is 17.4. The molecule has 0 spiro atoms. The van der Waals surface area contributed by atoms with Crippen LogP contribution in [-0.2, 0) is 22.7 Å². The molecule has 0 atom stereocenters. The number of para-hydroxylation sites is 1. The lowest BCUT2D eigenvalue weighted by Gasteiger charge is -2.18. The second kappa shape index (κ2) is 9.93. The zero-order valence-corrected chi connectivity index (χ0v) is 18.2. The van der Waals surface area contributed by atoms with Crippen LogP contribution in [0.3, 0.4) is 0 Å². The summed E-state index contributed by atoms with van der Waals surface area (Å²) in [6, 6.07) is 16.5. The SMILES string of the molecule is CC(=O)N(c1ccccc1)c1nc(/C=C/C(=O)N(Cc2ccco2)Cc2ccco2)cs1. The van der Waals surface area contributed by atoms with Crippen molar-refractivity contribution in [3.05, 3.63) is 95.8 Å². The molecule has 0 aliphatic heterocycles. The van der Waals surface area contributed by atoms with Gasteiger partial charge >= 0.3 is 0 Å². The highest BCUT2D eigenvalue weighted by Crippen LogP contribution is 2.29. The van der Waals surface area contributed by atoms with Crippen LogP contribution in [0.1, 0.15) is 24.1 Å². The minimum Gasteiger partial charge on any atom is -0.467 e. The number of benzene rings is 1. The number of aromatic nitrogens is 1. The van der Waals surface area contributed by atoms with Gasteiger partial charge in [-0.25, -0.2) is 4.98 Å². The topological polar surface area (TPSA) is 79.8 Å². The maximum Gasteiger partial charge on any atom is 0.247 e. The fraction of sp³-hybridized carbons (Fsp3) is 0.125. The van der Waals surface area contributed by atoms with Gasteiger partial charge in [0.05, 0.1) is 37.0 Å². The smallest absolute Gasteiger partial charge is 0.247 e. The van der Waals surface area contributed by atoms with Crippen LogP contribution in [0, 0.1) is 0 Å². The minimum atomic E-state index is -0.209. The molecule has 8 heteroatoms. The summed E-state index contributed by atoms with van der Waals surface area (Å²) in [5.74, 6) is 1.00. The highest BCUT2D eigenvalue weighted by atomic mass is 32.1. The van der Waals surface area contributed by atoms with Gasteiger partial charge in [-0.15, -0.1) is 11.3 Å². The standard InChI is InChI=1S/C24H21N3O4S/c1-18(28)27(20-7-3-2-4-8-20)24-25-19(17-32-24)11-12-23(29)26(15-21-9-5-13-30-21)16-22-10-6-14-31-22/h2-14,17H,15-16H2,1H3/b12-11+. The normalized spacial score (nSPS) is 11.0. The van der Waals surface area contributed by atoms with Crippen LogP contribution in [0.15, 0.2) is 87.4 Å². The molecule has 3 heterocycles. The Morgan fingerprint density at radius 1 is 0.969 bits per heavy atom. The Morgan fingerprint density at radius 3 is 2.19 bits per heavy atom. The lowest BCUT2D eigenvalue weighted by Crippen LogP contribution is -2.28. The zero-order chi connectivity index (χ0) is 22.3. The molecular formula is C24H21N3O4S. The maximum atomic E-state index is 12.9. The van der Waals surface area contributed by atoms with E-state index in [0.717, 1.165) is 5.69 Å². The molecule has 0 fully saturated rings. The quantitative estimate of drug-likeness (QED) is 0.344. The number of nitrogens with zero attached hydrogens (tertiary/aromatic N) is 3. The average molecular weight is 448 g/mol. The minimum absolute atomic E-state index is 0.139. The van der Waals surface area contributed by atoms with Crippen LogP contribution < -0.4 is 4.90 Å². The number of hydrogen-bond acceptors (Lipinski definition) is 6. The van der Waals surface area contributed by atoms with Gasteiger partial charge in [0, 0.05) is 18.4 Å². The number of anilines is 2. The number of furan rings is 2. The van der Waals surface area contributed by atoms with Gasteiger partial charge in [-0.1, -0.05) is 18.2 Å². The van der Waals surface area contributed by atoms with Crippen LogP contribution in [-0.4, -0.2) is 21.7 Å². The molecule has 0 aliphatic carbocycles. The molecule has 0 saturated heterocycles. The molecule has 4 aromatic rings. The molecule has 2 amide bonds. The van der Waals surface area contributed by atoms with E-state index in [9.17, 15) is 9.59 Å². The summed E-state index contributed by atoms with van der Waals surface area (Å²) in [5.41, 5.74) is 1.33. The molecule has 162 valence electrons. The predicted molar refractivity (Wildman–Crippen MR) is 122 cm³/mol. The first-order valence-corrected chi connectivity index (χ1v) is 10.8. The summed E-state index contributed by atoms with van der Waals surface area (Å²) in [7, 11) is 0. The van der Waals surface area contributed by atoms with Crippen molar-refractivity contribution in [3.63, 3.8) is 0 Å². The number of thiazole rings is 1. The largest absolute Gasteiger partial charge is 0.467 e. The Hall–Kier alpha value is -3.91. The molecule has 0 bridgehead atoms. The van der Waals surface area contributed by atoms with Gasteiger partial charge in [0.15, 0.2) is 5.13 Å². The molecule has 0 N–H and O–H groups in total. The fourth-order valence-corrected chi connectivity index (χ4v) is 3.97. The molecule has 7 nitrogen and oxygen atoms in total. The van der Waals surface area contributed by atoms with Gasteiger partial charge in [0.1, 0.15) is 11.5 Å². The van der Waals surface area contributed by atoms with E-state index >= 15 is 0 Å². The summed E-state index contributed by atoms with van der Waals surface area (Å²) in [5, 5.41) is 2.35. The van der Waals surface area contributed by atoms with Crippen LogP contribution in [0.4, 0.5) is 10.8 Å². The molecule has 3 aromatic heterocycles. The van der Waals surface area contributed by atoms with E-state index in [4.69, 9.17) is 8.83 Å². The average Bonchev–Trinajstić information content (AvgIpc) is 3.56. The van der Waals surface area contributed by atoms with Crippen molar-refractivity contribution < 1.29 is 18.4 Å². The van der Waals surface area contributed by atoms with Crippen molar-refractivity contribution in [2.24, 2.45) is 0 Å². The van der Waals surface area contributed by atoms with Crippen molar-refractivity contribution >= 4 is 40.0 Å². The van der Waals surface area contributed by atoms with E-state index in [1.54, 1.807) is 45.9 Å². The second-order valence-electron chi connectivity index (χ2n) is 6.93. The third-order valence-electron chi connectivity index (χ3n) is 4.59. The Labute approximate surface area is 189 Å². The number of hydrogen-bond donors (Lipinski definition) is 0. The van der Waals surface area contributed by atoms with Crippen molar-refractivity contribution in [2.45, 2.75) is 20.0 Å². The summed E-state index contributed by atoms with van der Waals surface area (Å²) >= 11 is 1.34. The third-order valence-corrected chi connectivity index (χ3v) is 5.44. The number of carbonyl (C=O) groups excluding carboxylic acids is 2. The van der Waals surface area contributed by atoms with Gasteiger partial charge in [-0.05, 0) is 42.5 Å². The summed E-state index contributed by atoms with van der Waals surface area (Å²) in [6.45, 7) is 2.12. The van der Waals surface area contributed by atoms with E-state index in [-0.39, 0.29) is 11.8 Å². The van der Waals surface area contributed by atoms with Gasteiger partial charge in [0.25, 0.3) is 0 Å². The first-order chi connectivity index (χ1) is 15.6. The van der Waals surface area contributed by atoms with Crippen molar-refractivity contribution in [1.29, 1.82) is 0 Å². The molecule has 0 aliphatic rings. The van der Waals surface area contributed by atoms with Gasteiger partial charge in [-0.3, -0.25) is 14.5 Å². The monoisotopic (exact) mass is 447 g/mol. The van der Waals surface area contributed by atoms with Crippen molar-refractivity contribution in [1.82, 2.24) is 9.88 Å². The molecule has 4 rings (SSSR count). The van der Waals surface area contributed by atoms with Gasteiger partial charge < -0.3 is 13.7 Å². The molecular weight excluding hydrogens is 426 g/mol. The highest BCUT2D eigenvalue weighted by molar-refractivity contribution is 7.14. The van der Waals surface area contributed by atoms with Crippen LogP contribution in [0.25, 0.3) is 6.08 Å². The number of carbonyl (C=O) groups is 2. The lowest BCUT2D eigenvalue weighted by molar-refractivity contribution is -0.127. The highest BCUT2D eigenvalue weighted by Gasteiger charge is 2.18. The van der Waals surface area contributed by atoms with Crippen molar-refractivity contribution in [2.75, 3.05) is 4.90 Å². The van der Waals surface area contributed by atoms with Crippen LogP contribution >= 0.6 is 11.3 Å². The molecule has 0 radical (unpaired) electrons. The van der Waals surface area contributed by atoms with Crippen molar-refractivity contribution in [3.8, 4) is 0 Å². The maximum absolute atomic E-state index is 12.9. The van der Waals surface area contributed by atoms with E-state index in [2.05, 4.69) is 4.98 Å². The summed E-state index contributed by atoms with van der Waals surface area (Å²) in [4.78, 5) is 32.8. The van der Waals surface area contributed by atoms with E-state index < -0.39 is 0 Å². The predicted octanol–water partition coefficient (Wildman–Crippen LogP) is 5.26. The third kappa shape index (κ3) is 5.22. The van der Waals surface area contributed by atoms with E-state index in [1.165, 1.54) is 24.3 Å². The fourth-order valence-electron chi connectivity index (χ4n) is 3.11. The Kier molecular flexibility index (Phi) is 6.62. The van der Waals surface area contributed by atoms with E-state index in [1.807, 2.05) is 42.5 Å². The van der Waals surface area contributed by atoms with Gasteiger partial charge in [0.2, 0.25) is 11.8 Å². The van der Waals surface area contributed by atoms with Crippen LogP contribution in [0.5, 0.6) is 0 Å². The Balaban J connectivity index is 1.50. The van der Waals surface area contributed by atoms with Gasteiger partial charge in [-0.2, -0.15) is 0 Å².